The van der Waals surface area contributed by atoms with Gasteiger partial charge in [-0.25, -0.2) is 13.8 Å². The van der Waals surface area contributed by atoms with Crippen LogP contribution in [0.3, 0.4) is 0 Å². The third-order valence-corrected chi connectivity index (χ3v) is 6.47. The van der Waals surface area contributed by atoms with Crippen LogP contribution in [-0.2, 0) is 17.6 Å². The van der Waals surface area contributed by atoms with Crippen molar-refractivity contribution in [2.24, 2.45) is 15.7 Å². The van der Waals surface area contributed by atoms with Gasteiger partial charge in [-0.3, -0.25) is 19.5 Å². The summed E-state index contributed by atoms with van der Waals surface area (Å²) < 4.78 is 29.2. The van der Waals surface area contributed by atoms with E-state index in [2.05, 4.69) is 15.0 Å². The first-order valence-corrected chi connectivity index (χ1v) is 11.8. The van der Waals surface area contributed by atoms with Crippen LogP contribution in [0.2, 0.25) is 0 Å². The van der Waals surface area contributed by atoms with Crippen molar-refractivity contribution in [2.75, 3.05) is 0 Å². The second-order valence-electron chi connectivity index (χ2n) is 9.22. The van der Waals surface area contributed by atoms with Gasteiger partial charge < -0.3 is 10.7 Å². The van der Waals surface area contributed by atoms with E-state index in [4.69, 9.17) is 15.8 Å². The average Bonchev–Trinajstić information content (AvgIpc) is 3.43. The molecule has 1 saturated carbocycles. The number of H-pyrrole nitrogens is 1. The standard InChI is InChI=1S/C26H23F2N7O/c27-16-9-14(10-17(28)12-16)1-6-23-32-24(25(33-23)20-7-8-35(34-20)18-3-4-18)15-2-5-19-21(11-15)31-22(13-30-19)26(29)36/h2,5,7-13,18-19,21H,1,3-4,6H2,(H2,29,36)(H,32,33). The Morgan fingerprint density at radius 3 is 2.69 bits per heavy atom. The first-order valence-electron chi connectivity index (χ1n) is 11.8. The number of amides is 1. The SMILES string of the molecule is NC(=O)C1=NC2C=C(c3nc(CCc4cc(F)cc(F)c4)[nH]c3-c3ccn(C4CC4)n3)C=CC2N=C1. The normalized spacial score (nSPS) is 20.7. The number of nitrogens with one attached hydrogen (secondary N) is 1. The van der Waals surface area contributed by atoms with Crippen LogP contribution in [-0.4, -0.2) is 49.7 Å². The number of hydrogen-bond acceptors (Lipinski definition) is 5. The number of aromatic nitrogens is 4. The van der Waals surface area contributed by atoms with E-state index >= 15 is 0 Å². The minimum absolute atomic E-state index is 0.135. The number of benzene rings is 1. The van der Waals surface area contributed by atoms with Crippen LogP contribution in [0.1, 0.15) is 36.0 Å². The molecule has 0 bridgehead atoms. The molecule has 10 heteroatoms. The Morgan fingerprint density at radius 2 is 1.94 bits per heavy atom. The van der Waals surface area contributed by atoms with Crippen LogP contribution >= 0.6 is 0 Å². The fourth-order valence-electron chi connectivity index (χ4n) is 4.51. The summed E-state index contributed by atoms with van der Waals surface area (Å²) >= 11 is 0. The highest BCUT2D eigenvalue weighted by Crippen LogP contribution is 2.36. The molecule has 1 aliphatic heterocycles. The summed E-state index contributed by atoms with van der Waals surface area (Å²) in [6.45, 7) is 0. The zero-order valence-corrected chi connectivity index (χ0v) is 19.2. The highest BCUT2D eigenvalue weighted by atomic mass is 19.1. The maximum Gasteiger partial charge on any atom is 0.268 e. The van der Waals surface area contributed by atoms with Crippen LogP contribution < -0.4 is 5.73 Å². The number of aliphatic imine (C=N–C) groups is 2. The van der Waals surface area contributed by atoms with Gasteiger partial charge in [-0.15, -0.1) is 0 Å². The van der Waals surface area contributed by atoms with Gasteiger partial charge in [0.05, 0.1) is 35.7 Å². The number of nitrogens with two attached hydrogens (primary N) is 1. The van der Waals surface area contributed by atoms with Crippen molar-refractivity contribution in [2.45, 2.75) is 43.8 Å². The van der Waals surface area contributed by atoms with E-state index in [0.29, 0.717) is 36.0 Å². The summed E-state index contributed by atoms with van der Waals surface area (Å²) in [5.41, 5.74) is 9.10. The van der Waals surface area contributed by atoms with Gasteiger partial charge in [0.25, 0.3) is 5.91 Å². The summed E-state index contributed by atoms with van der Waals surface area (Å²) in [7, 11) is 0. The van der Waals surface area contributed by atoms with Crippen LogP contribution in [0.15, 0.2) is 58.7 Å². The molecule has 0 spiro atoms. The molecule has 3 aliphatic rings. The fraction of sp³-hybridized carbons (Fsp3) is 0.269. The van der Waals surface area contributed by atoms with E-state index < -0.39 is 17.5 Å². The van der Waals surface area contributed by atoms with Crippen molar-refractivity contribution >= 4 is 23.4 Å². The predicted molar refractivity (Wildman–Crippen MR) is 132 cm³/mol. The lowest BCUT2D eigenvalue weighted by Gasteiger charge is -2.23. The van der Waals surface area contributed by atoms with Crippen molar-refractivity contribution < 1.29 is 13.6 Å². The number of aryl methyl sites for hydroxylation is 2. The molecule has 1 aromatic carbocycles. The average molecular weight is 488 g/mol. The molecule has 36 heavy (non-hydrogen) atoms. The molecule has 2 atom stereocenters. The van der Waals surface area contributed by atoms with Crippen molar-refractivity contribution in [3.63, 3.8) is 0 Å². The van der Waals surface area contributed by atoms with Gasteiger partial charge in [0.15, 0.2) is 0 Å². The van der Waals surface area contributed by atoms with Crippen LogP contribution in [0, 0.1) is 11.6 Å². The zero-order chi connectivity index (χ0) is 24.8. The lowest BCUT2D eigenvalue weighted by atomic mass is 9.94. The second-order valence-corrected chi connectivity index (χ2v) is 9.22. The predicted octanol–water partition coefficient (Wildman–Crippen LogP) is 3.37. The number of imidazole rings is 1. The quantitative estimate of drug-likeness (QED) is 0.533. The maximum absolute atomic E-state index is 13.6. The minimum Gasteiger partial charge on any atom is -0.364 e. The van der Waals surface area contributed by atoms with E-state index in [1.54, 1.807) is 0 Å². The number of primary amides is 1. The number of carbonyl (C=O) groups excluding carboxylic acids is 1. The molecule has 8 nitrogen and oxygen atoms in total. The summed E-state index contributed by atoms with van der Waals surface area (Å²) in [4.78, 5) is 28.7. The largest absolute Gasteiger partial charge is 0.364 e. The highest BCUT2D eigenvalue weighted by molar-refractivity contribution is 6.60. The fourth-order valence-corrected chi connectivity index (χ4v) is 4.51. The maximum atomic E-state index is 13.6. The van der Waals surface area contributed by atoms with Crippen LogP contribution in [0.25, 0.3) is 17.0 Å². The Morgan fingerprint density at radius 1 is 1.14 bits per heavy atom. The van der Waals surface area contributed by atoms with Crippen LogP contribution in [0.5, 0.6) is 0 Å². The summed E-state index contributed by atoms with van der Waals surface area (Å²) in [6, 6.07) is 5.32. The molecule has 3 heterocycles. The number of halogens is 2. The Balaban J connectivity index is 1.34. The molecular weight excluding hydrogens is 464 g/mol. The molecule has 6 rings (SSSR count). The van der Waals surface area contributed by atoms with Gasteiger partial charge in [-0.1, -0.05) is 12.2 Å². The number of allylic oxidation sites excluding steroid dienone is 2. The Kier molecular flexibility index (Phi) is 5.43. The smallest absolute Gasteiger partial charge is 0.268 e. The van der Waals surface area contributed by atoms with E-state index in [1.165, 1.54) is 18.3 Å². The monoisotopic (exact) mass is 487 g/mol. The number of rotatable bonds is 7. The van der Waals surface area contributed by atoms with Gasteiger partial charge in [-0.2, -0.15) is 5.10 Å². The van der Waals surface area contributed by atoms with Crippen LogP contribution in [0.4, 0.5) is 8.78 Å². The second kappa shape index (κ2) is 8.78. The molecule has 2 unspecified atom stereocenters. The van der Waals surface area contributed by atoms with Crippen molar-refractivity contribution in [1.82, 2.24) is 19.7 Å². The van der Waals surface area contributed by atoms with Gasteiger partial charge in [0.1, 0.15) is 28.9 Å². The minimum atomic E-state index is -0.621. The highest BCUT2D eigenvalue weighted by Gasteiger charge is 2.28. The summed E-state index contributed by atoms with van der Waals surface area (Å²) in [5, 5.41) is 4.75. The van der Waals surface area contributed by atoms with Gasteiger partial charge in [0, 0.05) is 24.3 Å². The Labute approximate surface area is 205 Å². The summed E-state index contributed by atoms with van der Waals surface area (Å²) in [5.74, 6) is -1.15. The number of fused-ring (bicyclic) bond motifs is 1. The zero-order valence-electron chi connectivity index (χ0n) is 19.2. The third kappa shape index (κ3) is 4.41. The third-order valence-electron chi connectivity index (χ3n) is 6.47. The molecule has 3 N–H and O–H groups in total. The van der Waals surface area contributed by atoms with Gasteiger partial charge in [0.2, 0.25) is 0 Å². The molecule has 1 fully saturated rings. The van der Waals surface area contributed by atoms with E-state index in [-0.39, 0.29) is 17.8 Å². The lowest BCUT2D eigenvalue weighted by molar-refractivity contribution is -0.111. The van der Waals surface area contributed by atoms with Gasteiger partial charge >= 0.3 is 0 Å². The molecular formula is C26H23F2N7O. The van der Waals surface area contributed by atoms with E-state index in [1.807, 2.05) is 35.2 Å². The molecule has 1 amide bonds. The van der Waals surface area contributed by atoms with Crippen molar-refractivity contribution in [3.8, 4) is 11.4 Å². The Hall–Kier alpha value is -4.21. The lowest BCUT2D eigenvalue weighted by Crippen LogP contribution is -2.34. The molecule has 0 radical (unpaired) electrons. The molecule has 2 aliphatic carbocycles. The molecule has 2 aromatic heterocycles. The molecule has 0 saturated heterocycles. The number of carbonyl (C=O) groups is 1. The molecule has 3 aromatic rings. The van der Waals surface area contributed by atoms with E-state index in [0.717, 1.165) is 35.9 Å². The number of hydrogen-bond donors (Lipinski definition) is 2. The first-order chi connectivity index (χ1) is 17.4. The number of aromatic amines is 1. The molecule has 182 valence electrons. The van der Waals surface area contributed by atoms with E-state index in [9.17, 15) is 13.6 Å². The number of nitrogens with zero attached hydrogens (tertiary/aromatic N) is 5. The van der Waals surface area contributed by atoms with Gasteiger partial charge in [-0.05, 0) is 49.1 Å². The first kappa shape index (κ1) is 22.3. The Bertz CT molecular complexity index is 1450. The topological polar surface area (TPSA) is 114 Å². The van der Waals surface area contributed by atoms with Crippen molar-refractivity contribution in [3.05, 3.63) is 77.4 Å². The van der Waals surface area contributed by atoms with Crippen molar-refractivity contribution in [1.29, 1.82) is 0 Å². The summed E-state index contributed by atoms with van der Waals surface area (Å²) in [6.07, 6.45) is 12.3.